The first kappa shape index (κ1) is 18.6. The van der Waals surface area contributed by atoms with Crippen LogP contribution in [0.4, 0.5) is 11.4 Å². The lowest BCUT2D eigenvalue weighted by Gasteiger charge is -2.15. The molecular formula is C18H13ClN2O3S2. The number of anilines is 1. The minimum atomic E-state index is -0.556. The first-order valence-electron chi connectivity index (χ1n) is 7.57. The molecule has 0 bridgehead atoms. The second-order valence-electron chi connectivity index (χ2n) is 5.75. The van der Waals surface area contributed by atoms with E-state index in [0.29, 0.717) is 20.5 Å². The van der Waals surface area contributed by atoms with Crippen molar-refractivity contribution in [2.24, 2.45) is 0 Å². The molecule has 0 spiro atoms. The summed E-state index contributed by atoms with van der Waals surface area (Å²) in [6.07, 6.45) is 1.59. The Morgan fingerprint density at radius 2 is 1.92 bits per heavy atom. The maximum atomic E-state index is 12.8. The summed E-state index contributed by atoms with van der Waals surface area (Å²) in [5.41, 5.74) is 3.21. The number of hydrogen-bond acceptors (Lipinski definition) is 5. The molecule has 0 aromatic heterocycles. The molecule has 26 heavy (non-hydrogen) atoms. The molecule has 1 amide bonds. The van der Waals surface area contributed by atoms with E-state index >= 15 is 0 Å². The normalized spacial score (nSPS) is 15.8. The number of thiocarbonyl (C=S) groups is 1. The van der Waals surface area contributed by atoms with E-state index in [1.54, 1.807) is 12.1 Å². The summed E-state index contributed by atoms with van der Waals surface area (Å²) in [6, 6.07) is 10.1. The van der Waals surface area contributed by atoms with Gasteiger partial charge >= 0.3 is 0 Å². The highest BCUT2D eigenvalue weighted by molar-refractivity contribution is 8.27. The van der Waals surface area contributed by atoms with E-state index in [0.717, 1.165) is 11.1 Å². The van der Waals surface area contributed by atoms with Gasteiger partial charge in [-0.15, -0.1) is 0 Å². The third-order valence-electron chi connectivity index (χ3n) is 4.01. The Morgan fingerprint density at radius 1 is 1.19 bits per heavy atom. The monoisotopic (exact) mass is 404 g/mol. The van der Waals surface area contributed by atoms with Gasteiger partial charge in [-0.2, -0.15) is 0 Å². The number of halogens is 1. The number of nitrogens with zero attached hydrogens (tertiary/aromatic N) is 2. The fourth-order valence-electron chi connectivity index (χ4n) is 2.47. The van der Waals surface area contributed by atoms with Gasteiger partial charge in [0.15, 0.2) is 4.32 Å². The molecule has 5 nitrogen and oxygen atoms in total. The van der Waals surface area contributed by atoms with Gasteiger partial charge in [-0.25, -0.2) is 0 Å². The van der Waals surface area contributed by atoms with Gasteiger partial charge in [0.1, 0.15) is 5.02 Å². The number of rotatable bonds is 3. The molecule has 0 radical (unpaired) electrons. The molecule has 0 unspecified atom stereocenters. The largest absolute Gasteiger partial charge is 0.288 e. The smallest absolute Gasteiger partial charge is 0.268 e. The number of thioether (sulfide) groups is 1. The second-order valence-corrected chi connectivity index (χ2v) is 7.84. The SMILES string of the molecule is Cc1ccc(N2C(=O)C(=Cc3ccc(Cl)c([N+](=O)[O-])c3)SC2=S)cc1C. The number of nitro benzene ring substituents is 1. The number of hydrogen-bond donors (Lipinski definition) is 0. The van der Waals surface area contributed by atoms with E-state index in [1.165, 1.54) is 28.8 Å². The summed E-state index contributed by atoms with van der Waals surface area (Å²) in [4.78, 5) is 25.1. The van der Waals surface area contributed by atoms with Crippen LogP contribution in [0.1, 0.15) is 16.7 Å². The fourth-order valence-corrected chi connectivity index (χ4v) is 3.95. The van der Waals surface area contributed by atoms with Crippen molar-refractivity contribution in [3.8, 4) is 0 Å². The van der Waals surface area contributed by atoms with Crippen LogP contribution < -0.4 is 4.90 Å². The summed E-state index contributed by atoms with van der Waals surface area (Å²) in [6.45, 7) is 3.97. The zero-order chi connectivity index (χ0) is 19.0. The summed E-state index contributed by atoms with van der Waals surface area (Å²) in [5.74, 6) is -0.249. The van der Waals surface area contributed by atoms with E-state index < -0.39 is 4.92 Å². The molecule has 2 aromatic rings. The van der Waals surface area contributed by atoms with Crippen LogP contribution >= 0.6 is 35.6 Å². The molecule has 1 aliphatic rings. The number of amides is 1. The minimum Gasteiger partial charge on any atom is -0.268 e. The summed E-state index contributed by atoms with van der Waals surface area (Å²) >= 11 is 12.3. The average Bonchev–Trinajstić information content (AvgIpc) is 2.85. The van der Waals surface area contributed by atoms with Crippen molar-refractivity contribution < 1.29 is 9.72 Å². The first-order valence-corrected chi connectivity index (χ1v) is 9.17. The molecule has 8 heteroatoms. The zero-order valence-electron chi connectivity index (χ0n) is 13.9. The average molecular weight is 405 g/mol. The highest BCUT2D eigenvalue weighted by Gasteiger charge is 2.33. The van der Waals surface area contributed by atoms with Crippen LogP contribution in [0, 0.1) is 24.0 Å². The molecule has 0 N–H and O–H groups in total. The molecule has 0 atom stereocenters. The van der Waals surface area contributed by atoms with Crippen LogP contribution in [0.5, 0.6) is 0 Å². The highest BCUT2D eigenvalue weighted by atomic mass is 35.5. The Hall–Kier alpha value is -2.22. The molecule has 0 saturated carbocycles. The van der Waals surface area contributed by atoms with Gasteiger partial charge in [-0.05, 0) is 54.8 Å². The first-order chi connectivity index (χ1) is 12.3. The molecule has 132 valence electrons. The van der Waals surface area contributed by atoms with Crippen molar-refractivity contribution in [2.75, 3.05) is 4.90 Å². The summed E-state index contributed by atoms with van der Waals surface area (Å²) in [5, 5.41) is 11.1. The molecule has 1 saturated heterocycles. The molecule has 3 rings (SSSR count). The van der Waals surface area contributed by atoms with Crippen LogP contribution in [0.25, 0.3) is 6.08 Å². The maximum Gasteiger partial charge on any atom is 0.288 e. The number of nitro groups is 1. The molecule has 1 fully saturated rings. The van der Waals surface area contributed by atoms with Gasteiger partial charge in [0, 0.05) is 6.07 Å². The third-order valence-corrected chi connectivity index (χ3v) is 5.63. The van der Waals surface area contributed by atoms with E-state index in [9.17, 15) is 14.9 Å². The predicted octanol–water partition coefficient (Wildman–Crippen LogP) is 5.27. The fraction of sp³-hybridized carbons (Fsp3) is 0.111. The van der Waals surface area contributed by atoms with E-state index in [4.69, 9.17) is 23.8 Å². The number of aryl methyl sites for hydroxylation is 2. The minimum absolute atomic E-state index is 0.0508. The third kappa shape index (κ3) is 3.51. The predicted molar refractivity (Wildman–Crippen MR) is 110 cm³/mol. The van der Waals surface area contributed by atoms with E-state index in [2.05, 4.69) is 0 Å². The Balaban J connectivity index is 1.96. The van der Waals surface area contributed by atoms with Crippen molar-refractivity contribution in [2.45, 2.75) is 13.8 Å². The number of carbonyl (C=O) groups is 1. The van der Waals surface area contributed by atoms with Crippen molar-refractivity contribution in [3.63, 3.8) is 0 Å². The van der Waals surface area contributed by atoms with Gasteiger partial charge in [0.25, 0.3) is 11.6 Å². The second kappa shape index (κ2) is 7.19. The van der Waals surface area contributed by atoms with Crippen molar-refractivity contribution in [3.05, 3.63) is 73.1 Å². The van der Waals surface area contributed by atoms with Gasteiger partial charge in [0.05, 0.1) is 15.5 Å². The van der Waals surface area contributed by atoms with Crippen LogP contribution in [0.15, 0.2) is 41.3 Å². The molecular weight excluding hydrogens is 392 g/mol. The molecule has 1 aliphatic heterocycles. The van der Waals surface area contributed by atoms with Crippen LogP contribution in [-0.2, 0) is 4.79 Å². The number of benzene rings is 2. The topological polar surface area (TPSA) is 63.5 Å². The Morgan fingerprint density at radius 3 is 2.58 bits per heavy atom. The highest BCUT2D eigenvalue weighted by Crippen LogP contribution is 2.37. The Bertz CT molecular complexity index is 988. The van der Waals surface area contributed by atoms with Crippen LogP contribution in [0.2, 0.25) is 5.02 Å². The van der Waals surface area contributed by atoms with Gasteiger partial charge < -0.3 is 0 Å². The lowest BCUT2D eigenvalue weighted by molar-refractivity contribution is -0.384. The Kier molecular flexibility index (Phi) is 5.13. The lowest BCUT2D eigenvalue weighted by atomic mass is 10.1. The van der Waals surface area contributed by atoms with Crippen LogP contribution in [0.3, 0.4) is 0 Å². The van der Waals surface area contributed by atoms with E-state index in [-0.39, 0.29) is 16.6 Å². The molecule has 2 aromatic carbocycles. The van der Waals surface area contributed by atoms with Crippen molar-refractivity contribution >= 4 is 63.3 Å². The van der Waals surface area contributed by atoms with Gasteiger partial charge in [0.2, 0.25) is 0 Å². The van der Waals surface area contributed by atoms with Crippen molar-refractivity contribution in [1.82, 2.24) is 0 Å². The summed E-state index contributed by atoms with van der Waals surface area (Å²) in [7, 11) is 0. The Labute approximate surface area is 164 Å². The maximum absolute atomic E-state index is 12.8. The quantitative estimate of drug-likeness (QED) is 0.302. The van der Waals surface area contributed by atoms with Crippen molar-refractivity contribution in [1.29, 1.82) is 0 Å². The standard InChI is InChI=1S/C18H13ClN2O3S2/c1-10-3-5-13(7-11(10)2)20-17(22)16(26-18(20)25)9-12-4-6-14(19)15(8-12)21(23)24/h3-9H,1-2H3. The lowest BCUT2D eigenvalue weighted by Crippen LogP contribution is -2.27. The van der Waals surface area contributed by atoms with Crippen LogP contribution in [-0.4, -0.2) is 15.2 Å². The molecule has 0 aliphatic carbocycles. The molecule has 1 heterocycles. The zero-order valence-corrected chi connectivity index (χ0v) is 16.2. The summed E-state index contributed by atoms with van der Waals surface area (Å²) < 4.78 is 0.424. The van der Waals surface area contributed by atoms with Gasteiger partial charge in [-0.3, -0.25) is 19.8 Å². The van der Waals surface area contributed by atoms with E-state index in [1.807, 2.05) is 32.0 Å². The number of carbonyl (C=O) groups excluding carboxylic acids is 1. The van der Waals surface area contributed by atoms with Gasteiger partial charge in [-0.1, -0.05) is 47.7 Å².